The summed E-state index contributed by atoms with van der Waals surface area (Å²) in [6, 6.07) is -0.307. The minimum atomic E-state index is -3.69. The number of sulfone groups is 1. The number of carbonyl (C=O) groups is 2. The zero-order valence-electron chi connectivity index (χ0n) is 8.84. The third kappa shape index (κ3) is 2.84. The predicted molar refractivity (Wildman–Crippen MR) is 55.9 cm³/mol. The maximum atomic E-state index is 11.5. The van der Waals surface area contributed by atoms with Crippen LogP contribution in [0.15, 0.2) is 0 Å². The van der Waals surface area contributed by atoms with Gasteiger partial charge in [0.1, 0.15) is 0 Å². The monoisotopic (exact) mass is 250 g/mol. The van der Waals surface area contributed by atoms with Crippen LogP contribution >= 0.6 is 0 Å². The third-order valence-corrected chi connectivity index (χ3v) is 4.51. The molecule has 7 nitrogen and oxygen atoms in total. The van der Waals surface area contributed by atoms with Gasteiger partial charge in [-0.15, -0.1) is 0 Å². The summed E-state index contributed by atoms with van der Waals surface area (Å²) in [7, 11) is -3.69. The van der Waals surface area contributed by atoms with E-state index in [0.717, 1.165) is 6.92 Å². The molecule has 1 fully saturated rings. The van der Waals surface area contributed by atoms with Crippen LogP contribution < -0.4 is 5.32 Å². The average Bonchev–Trinajstić information content (AvgIpc) is 2.60. The van der Waals surface area contributed by atoms with Crippen LogP contribution in [0, 0.1) is 0 Å². The van der Waals surface area contributed by atoms with Gasteiger partial charge in [-0.25, -0.2) is 13.2 Å². The second kappa shape index (κ2) is 4.69. The fourth-order valence-corrected chi connectivity index (χ4v) is 2.43. The minimum Gasteiger partial charge on any atom is -0.480 e. The van der Waals surface area contributed by atoms with Crippen LogP contribution in [-0.2, 0) is 14.6 Å². The van der Waals surface area contributed by atoms with E-state index in [0.29, 0.717) is 13.1 Å². The van der Waals surface area contributed by atoms with Gasteiger partial charge in [-0.2, -0.15) is 0 Å². The van der Waals surface area contributed by atoms with Gasteiger partial charge in [0, 0.05) is 19.6 Å². The molecular weight excluding hydrogens is 236 g/mol. The number of carboxylic acid groups (broad SMARTS) is 1. The fourth-order valence-electron chi connectivity index (χ4n) is 1.29. The van der Waals surface area contributed by atoms with E-state index in [1.807, 2.05) is 0 Å². The lowest BCUT2D eigenvalue weighted by atomic mass is 10.5. The van der Waals surface area contributed by atoms with Gasteiger partial charge in [-0.3, -0.25) is 4.79 Å². The molecule has 1 saturated heterocycles. The Labute approximate surface area is 93.3 Å². The molecule has 0 aromatic carbocycles. The van der Waals surface area contributed by atoms with E-state index in [-0.39, 0.29) is 18.3 Å². The van der Waals surface area contributed by atoms with Crippen molar-refractivity contribution in [2.45, 2.75) is 12.2 Å². The summed E-state index contributed by atoms with van der Waals surface area (Å²) in [5.41, 5.74) is 0. The highest BCUT2D eigenvalue weighted by atomic mass is 32.2. The summed E-state index contributed by atoms with van der Waals surface area (Å²) in [6.07, 6.45) is 0. The Bertz CT molecular complexity index is 391. The van der Waals surface area contributed by atoms with Crippen molar-refractivity contribution in [1.29, 1.82) is 0 Å². The Balaban J connectivity index is 2.54. The Morgan fingerprint density at radius 3 is 2.69 bits per heavy atom. The van der Waals surface area contributed by atoms with Crippen LogP contribution in [0.2, 0.25) is 0 Å². The SMILES string of the molecule is CC(C(=O)O)S(=O)(=O)CCN1CCNC1=O. The molecule has 0 aromatic heterocycles. The van der Waals surface area contributed by atoms with Crippen LogP contribution in [0.4, 0.5) is 4.79 Å². The van der Waals surface area contributed by atoms with E-state index < -0.39 is 21.1 Å². The van der Waals surface area contributed by atoms with E-state index in [1.165, 1.54) is 4.90 Å². The van der Waals surface area contributed by atoms with Gasteiger partial charge in [-0.05, 0) is 6.92 Å². The maximum absolute atomic E-state index is 11.5. The van der Waals surface area contributed by atoms with Crippen molar-refractivity contribution in [3.63, 3.8) is 0 Å². The predicted octanol–water partition coefficient (Wildman–Crippen LogP) is -1.10. The average molecular weight is 250 g/mol. The van der Waals surface area contributed by atoms with E-state index in [2.05, 4.69) is 5.32 Å². The molecule has 0 radical (unpaired) electrons. The molecular formula is C8H14N2O5S. The topological polar surface area (TPSA) is 104 Å². The Kier molecular flexibility index (Phi) is 3.74. The number of nitrogens with zero attached hydrogens (tertiary/aromatic N) is 1. The normalized spacial score (nSPS) is 18.3. The number of aliphatic carboxylic acids is 1. The molecule has 0 saturated carbocycles. The van der Waals surface area contributed by atoms with Crippen molar-refractivity contribution in [1.82, 2.24) is 10.2 Å². The van der Waals surface area contributed by atoms with Crippen molar-refractivity contribution < 1.29 is 23.1 Å². The maximum Gasteiger partial charge on any atom is 0.321 e. The van der Waals surface area contributed by atoms with Gasteiger partial charge in [0.2, 0.25) is 0 Å². The lowest BCUT2D eigenvalue weighted by Crippen LogP contribution is -2.36. The molecule has 1 aliphatic heterocycles. The number of hydrogen-bond acceptors (Lipinski definition) is 4. The van der Waals surface area contributed by atoms with Crippen molar-refractivity contribution in [3.8, 4) is 0 Å². The summed E-state index contributed by atoms with van der Waals surface area (Å²) >= 11 is 0. The Hall–Kier alpha value is -1.31. The number of hydrogen-bond donors (Lipinski definition) is 2. The first-order chi connectivity index (χ1) is 7.34. The van der Waals surface area contributed by atoms with E-state index in [4.69, 9.17) is 5.11 Å². The molecule has 2 N–H and O–H groups in total. The molecule has 1 unspecified atom stereocenters. The highest BCUT2D eigenvalue weighted by molar-refractivity contribution is 7.92. The summed E-state index contributed by atoms with van der Waals surface area (Å²) in [5, 5.41) is 9.69. The lowest BCUT2D eigenvalue weighted by molar-refractivity contribution is -0.136. The standard InChI is InChI=1S/C8H14N2O5S/c1-6(7(11)12)16(14,15)5-4-10-3-2-9-8(10)13/h6H,2-5H2,1H3,(H,9,13)(H,11,12). The van der Waals surface area contributed by atoms with Crippen LogP contribution in [0.5, 0.6) is 0 Å². The first-order valence-electron chi connectivity index (χ1n) is 4.82. The molecule has 0 aromatic rings. The van der Waals surface area contributed by atoms with Gasteiger partial charge in [0.05, 0.1) is 5.75 Å². The molecule has 8 heteroatoms. The van der Waals surface area contributed by atoms with Crippen molar-refractivity contribution in [3.05, 3.63) is 0 Å². The highest BCUT2D eigenvalue weighted by Gasteiger charge is 2.29. The Morgan fingerprint density at radius 2 is 2.25 bits per heavy atom. The van der Waals surface area contributed by atoms with E-state index >= 15 is 0 Å². The molecule has 1 heterocycles. The number of carbonyl (C=O) groups excluding carboxylic acids is 1. The molecule has 1 rings (SSSR count). The molecule has 0 aliphatic carbocycles. The molecule has 16 heavy (non-hydrogen) atoms. The van der Waals surface area contributed by atoms with Crippen LogP contribution in [0.3, 0.4) is 0 Å². The highest BCUT2D eigenvalue weighted by Crippen LogP contribution is 2.04. The fraction of sp³-hybridized carbons (Fsp3) is 0.750. The van der Waals surface area contributed by atoms with E-state index in [1.54, 1.807) is 0 Å². The van der Waals surface area contributed by atoms with Crippen LogP contribution in [0.1, 0.15) is 6.92 Å². The van der Waals surface area contributed by atoms with Crippen LogP contribution in [0.25, 0.3) is 0 Å². The summed E-state index contributed by atoms with van der Waals surface area (Å²) in [5.74, 6) is -1.70. The lowest BCUT2D eigenvalue weighted by Gasteiger charge is -2.15. The van der Waals surface area contributed by atoms with Gasteiger partial charge < -0.3 is 15.3 Å². The quantitative estimate of drug-likeness (QED) is 0.644. The molecule has 1 atom stereocenters. The minimum absolute atomic E-state index is 0.0335. The van der Waals surface area contributed by atoms with Crippen molar-refractivity contribution >= 4 is 21.8 Å². The largest absolute Gasteiger partial charge is 0.480 e. The zero-order valence-corrected chi connectivity index (χ0v) is 9.66. The summed E-state index contributed by atoms with van der Waals surface area (Å²) in [6.45, 7) is 2.11. The molecule has 2 amide bonds. The van der Waals surface area contributed by atoms with Gasteiger partial charge in [-0.1, -0.05) is 0 Å². The summed E-state index contributed by atoms with van der Waals surface area (Å²) in [4.78, 5) is 23.0. The first-order valence-corrected chi connectivity index (χ1v) is 6.53. The molecule has 0 bridgehead atoms. The summed E-state index contributed by atoms with van der Waals surface area (Å²) < 4.78 is 23.0. The first kappa shape index (κ1) is 12.8. The van der Waals surface area contributed by atoms with Gasteiger partial charge >= 0.3 is 12.0 Å². The molecule has 0 spiro atoms. The van der Waals surface area contributed by atoms with Crippen LogP contribution in [-0.4, -0.2) is 61.1 Å². The number of nitrogens with one attached hydrogen (secondary N) is 1. The smallest absolute Gasteiger partial charge is 0.321 e. The second-order valence-corrected chi connectivity index (χ2v) is 6.01. The molecule has 1 aliphatic rings. The zero-order chi connectivity index (χ0) is 12.3. The van der Waals surface area contributed by atoms with Crippen molar-refractivity contribution in [2.24, 2.45) is 0 Å². The number of rotatable bonds is 5. The van der Waals surface area contributed by atoms with E-state index in [9.17, 15) is 18.0 Å². The number of amides is 2. The van der Waals surface area contributed by atoms with Gasteiger partial charge in [0.15, 0.2) is 15.1 Å². The molecule has 92 valence electrons. The number of urea groups is 1. The number of carboxylic acids is 1. The Morgan fingerprint density at radius 1 is 1.62 bits per heavy atom. The van der Waals surface area contributed by atoms with Crippen molar-refractivity contribution in [2.75, 3.05) is 25.4 Å². The third-order valence-electron chi connectivity index (χ3n) is 2.48. The second-order valence-electron chi connectivity index (χ2n) is 3.57. The van der Waals surface area contributed by atoms with Gasteiger partial charge in [0.25, 0.3) is 0 Å².